The number of hydrogen-bond donors (Lipinski definition) is 1. The Labute approximate surface area is 125 Å². The van der Waals surface area contributed by atoms with E-state index in [9.17, 15) is 10.4 Å². The molecule has 3 aromatic rings. The van der Waals surface area contributed by atoms with Gasteiger partial charge >= 0.3 is 0 Å². The molecule has 1 aromatic heterocycles. The highest BCUT2D eigenvalue weighted by Crippen LogP contribution is 2.25. The Morgan fingerprint density at radius 3 is 2.14 bits per heavy atom. The highest BCUT2D eigenvalue weighted by Gasteiger charge is 2.25. The van der Waals surface area contributed by atoms with Gasteiger partial charge in [0, 0.05) is 35.5 Å². The molecule has 4 rings (SSSR count). The molecule has 0 unspecified atom stereocenters. The predicted octanol–water partition coefficient (Wildman–Crippen LogP) is 0.887. The fourth-order valence-electron chi connectivity index (χ4n) is 2.71. The van der Waals surface area contributed by atoms with Gasteiger partial charge < -0.3 is 25.6 Å². The summed E-state index contributed by atoms with van der Waals surface area (Å²) < 4.78 is 12.3. The molecule has 0 spiro atoms. The predicted molar refractivity (Wildman–Crippen MR) is 78.4 cm³/mol. The van der Waals surface area contributed by atoms with Crippen molar-refractivity contribution in [2.45, 2.75) is 6.29 Å². The lowest BCUT2D eigenvalue weighted by molar-refractivity contribution is -0.591. The van der Waals surface area contributed by atoms with Gasteiger partial charge in [0.05, 0.1) is 13.2 Å². The second-order valence-corrected chi connectivity index (χ2v) is 5.16. The van der Waals surface area contributed by atoms with Gasteiger partial charge in [-0.25, -0.2) is 0 Å². The van der Waals surface area contributed by atoms with Crippen molar-refractivity contribution in [3.8, 4) is 0 Å². The van der Waals surface area contributed by atoms with Crippen LogP contribution in [0.5, 0.6) is 0 Å². The third kappa shape index (κ3) is 1.83. The minimum atomic E-state index is -0.494. The summed E-state index contributed by atoms with van der Waals surface area (Å²) in [6.07, 6.45) is -0.494. The van der Waals surface area contributed by atoms with Gasteiger partial charge in [-0.05, 0) is 12.1 Å². The standard InChI is InChI=1S/C15H13N3O4/c16-10-2-4-12-14(8-10)18(20)11-3-1-9(7-13(11)17(12)19)15-21-5-6-22-15/h1-4,7-8,15H,5-6,16H2. The summed E-state index contributed by atoms with van der Waals surface area (Å²) in [6.45, 7) is 1.03. The lowest BCUT2D eigenvalue weighted by Crippen LogP contribution is -2.39. The number of nitrogen functional groups attached to an aromatic ring is 1. The minimum absolute atomic E-state index is 0.239. The third-order valence-corrected chi connectivity index (χ3v) is 3.77. The molecule has 7 heteroatoms. The normalized spacial score (nSPS) is 15.8. The molecular formula is C15H13N3O4. The lowest BCUT2D eigenvalue weighted by atomic mass is 10.1. The van der Waals surface area contributed by atoms with Gasteiger partial charge in [0.2, 0.25) is 0 Å². The number of anilines is 1. The molecule has 0 saturated carbocycles. The first-order valence-corrected chi connectivity index (χ1v) is 6.86. The SMILES string of the molecule is Nc1ccc2c(c1)[n+]([O-])c1ccc(C3OCCO3)cc1[n+]2[O-]. The first-order chi connectivity index (χ1) is 10.6. The zero-order chi connectivity index (χ0) is 15.3. The first-order valence-electron chi connectivity index (χ1n) is 6.86. The molecule has 112 valence electrons. The van der Waals surface area contributed by atoms with Crippen molar-refractivity contribution in [1.82, 2.24) is 0 Å². The van der Waals surface area contributed by atoms with Crippen LogP contribution in [0.25, 0.3) is 22.1 Å². The molecule has 1 fully saturated rings. The molecule has 0 bridgehead atoms. The van der Waals surface area contributed by atoms with E-state index in [4.69, 9.17) is 15.2 Å². The highest BCUT2D eigenvalue weighted by atomic mass is 16.7. The topological polar surface area (TPSA) is 98.4 Å². The van der Waals surface area contributed by atoms with Gasteiger partial charge in [0.1, 0.15) is 0 Å². The van der Waals surface area contributed by atoms with E-state index in [2.05, 4.69) is 0 Å². The molecule has 1 saturated heterocycles. The Kier molecular flexibility index (Phi) is 2.78. The summed E-state index contributed by atoms with van der Waals surface area (Å²) in [5.74, 6) is 0. The highest BCUT2D eigenvalue weighted by molar-refractivity contribution is 5.79. The average Bonchev–Trinajstić information content (AvgIpc) is 3.06. The maximum absolute atomic E-state index is 12.6. The van der Waals surface area contributed by atoms with Crippen LogP contribution in [0.1, 0.15) is 11.9 Å². The first kappa shape index (κ1) is 13.1. The van der Waals surface area contributed by atoms with Crippen molar-refractivity contribution < 1.29 is 18.9 Å². The maximum atomic E-state index is 12.6. The van der Waals surface area contributed by atoms with E-state index in [1.165, 1.54) is 6.07 Å². The second-order valence-electron chi connectivity index (χ2n) is 5.16. The summed E-state index contributed by atoms with van der Waals surface area (Å²) in [7, 11) is 0. The third-order valence-electron chi connectivity index (χ3n) is 3.77. The van der Waals surface area contributed by atoms with Crippen LogP contribution in [-0.2, 0) is 9.47 Å². The summed E-state index contributed by atoms with van der Waals surface area (Å²) in [5.41, 5.74) is 7.89. The zero-order valence-electron chi connectivity index (χ0n) is 11.6. The average molecular weight is 299 g/mol. The van der Waals surface area contributed by atoms with Gasteiger partial charge in [-0.2, -0.15) is 9.46 Å². The quantitative estimate of drug-likeness (QED) is 0.311. The number of fused-ring (bicyclic) bond motifs is 2. The molecule has 7 nitrogen and oxygen atoms in total. The molecule has 0 amide bonds. The van der Waals surface area contributed by atoms with Crippen LogP contribution in [-0.4, -0.2) is 13.2 Å². The van der Waals surface area contributed by atoms with Crippen LogP contribution in [0.4, 0.5) is 5.69 Å². The fraction of sp³-hybridized carbons (Fsp3) is 0.200. The minimum Gasteiger partial charge on any atom is -0.617 e. The zero-order valence-corrected chi connectivity index (χ0v) is 11.6. The summed E-state index contributed by atoms with van der Waals surface area (Å²) in [6, 6.07) is 9.58. The molecule has 1 aliphatic rings. The molecule has 2 N–H and O–H groups in total. The molecule has 2 heterocycles. The van der Waals surface area contributed by atoms with Crippen molar-refractivity contribution in [2.24, 2.45) is 0 Å². The van der Waals surface area contributed by atoms with Gasteiger partial charge in [-0.1, -0.05) is 0 Å². The second kappa shape index (κ2) is 4.69. The van der Waals surface area contributed by atoms with Crippen molar-refractivity contribution in [3.63, 3.8) is 0 Å². The Hall–Kier alpha value is -2.64. The van der Waals surface area contributed by atoms with Crippen LogP contribution in [0, 0.1) is 10.4 Å². The van der Waals surface area contributed by atoms with Crippen LogP contribution in [0.2, 0.25) is 0 Å². The molecule has 0 aliphatic carbocycles. The van der Waals surface area contributed by atoms with Crippen LogP contribution in [0.3, 0.4) is 0 Å². The van der Waals surface area contributed by atoms with Crippen molar-refractivity contribution >= 4 is 27.8 Å². The summed E-state index contributed by atoms with van der Waals surface area (Å²) in [5, 5.41) is 25.0. The van der Waals surface area contributed by atoms with Gasteiger partial charge in [0.15, 0.2) is 6.29 Å². The molecule has 0 radical (unpaired) electrons. The largest absolute Gasteiger partial charge is 0.617 e. The van der Waals surface area contributed by atoms with Gasteiger partial charge in [0.25, 0.3) is 22.1 Å². The number of rotatable bonds is 1. The number of ether oxygens (including phenoxy) is 2. The number of hydrogen-bond acceptors (Lipinski definition) is 5. The van der Waals surface area contributed by atoms with E-state index in [1.807, 2.05) is 0 Å². The Morgan fingerprint density at radius 1 is 0.864 bits per heavy atom. The molecule has 1 aliphatic heterocycles. The molecular weight excluding hydrogens is 286 g/mol. The van der Waals surface area contributed by atoms with Crippen LogP contribution < -0.4 is 15.2 Å². The van der Waals surface area contributed by atoms with E-state index >= 15 is 0 Å². The van der Waals surface area contributed by atoms with Crippen molar-refractivity contribution in [1.29, 1.82) is 0 Å². The number of nitrogens with zero attached hydrogens (tertiary/aromatic N) is 2. The van der Waals surface area contributed by atoms with E-state index in [1.54, 1.807) is 30.3 Å². The smallest absolute Gasteiger partial charge is 0.292 e. The van der Waals surface area contributed by atoms with Gasteiger partial charge in [-0.15, -0.1) is 0 Å². The van der Waals surface area contributed by atoms with E-state index in [0.717, 1.165) is 9.46 Å². The van der Waals surface area contributed by atoms with Crippen molar-refractivity contribution in [2.75, 3.05) is 18.9 Å². The van der Waals surface area contributed by atoms with Crippen LogP contribution in [0.15, 0.2) is 36.4 Å². The van der Waals surface area contributed by atoms with E-state index in [0.29, 0.717) is 24.5 Å². The Bertz CT molecular complexity index is 891. The molecule has 0 atom stereocenters. The Morgan fingerprint density at radius 2 is 1.45 bits per heavy atom. The molecule has 2 aromatic carbocycles. The van der Waals surface area contributed by atoms with Gasteiger partial charge in [-0.3, -0.25) is 0 Å². The number of nitrogens with two attached hydrogens (primary N) is 1. The molecule has 22 heavy (non-hydrogen) atoms. The fourth-order valence-corrected chi connectivity index (χ4v) is 2.71. The number of aromatic nitrogens is 2. The van der Waals surface area contributed by atoms with E-state index < -0.39 is 6.29 Å². The summed E-state index contributed by atoms with van der Waals surface area (Å²) in [4.78, 5) is 0. The van der Waals surface area contributed by atoms with E-state index in [-0.39, 0.29) is 22.1 Å². The number of benzene rings is 2. The maximum Gasteiger partial charge on any atom is 0.292 e. The summed E-state index contributed by atoms with van der Waals surface area (Å²) >= 11 is 0. The van der Waals surface area contributed by atoms with Crippen molar-refractivity contribution in [3.05, 3.63) is 52.4 Å². The lowest BCUT2D eigenvalue weighted by Gasteiger charge is -2.11. The monoisotopic (exact) mass is 299 g/mol. The Balaban J connectivity index is 2.02. The van der Waals surface area contributed by atoms with Crippen LogP contribution >= 0.6 is 0 Å².